The minimum absolute atomic E-state index is 0.127. The number of sulfonamides is 1. The molecule has 0 bridgehead atoms. The largest absolute Gasteiger partial charge is 0.335 e. The van der Waals surface area contributed by atoms with E-state index in [1.807, 2.05) is 19.1 Å². The standard InChI is InChI=1S/C23H20ClN5O3S2/c1-15-21(33-22(27-15)16-4-6-25-7-5-16)23(30)28-8-10-29(11-9-28)34(31,32)19-12-17-2-3-18(24)13-20(17)26-14-19/h2-7,12-14H,8-11H2,1H3. The van der Waals surface area contributed by atoms with Crippen molar-refractivity contribution in [1.29, 1.82) is 0 Å². The van der Waals surface area contributed by atoms with Crippen molar-refractivity contribution in [1.82, 2.24) is 24.2 Å². The molecule has 1 saturated heterocycles. The summed E-state index contributed by atoms with van der Waals surface area (Å²) in [5.41, 5.74) is 2.21. The summed E-state index contributed by atoms with van der Waals surface area (Å²) in [5, 5.41) is 2.00. The summed E-state index contributed by atoms with van der Waals surface area (Å²) in [6.07, 6.45) is 4.73. The molecule has 8 nitrogen and oxygen atoms in total. The fourth-order valence-corrected chi connectivity index (χ4v) is 6.46. The van der Waals surface area contributed by atoms with Crippen molar-refractivity contribution >= 4 is 49.8 Å². The predicted octanol–water partition coefficient (Wildman–Crippen LogP) is 3.86. The number of carbonyl (C=O) groups is 1. The number of rotatable bonds is 4. The van der Waals surface area contributed by atoms with Crippen LogP contribution in [0, 0.1) is 6.92 Å². The van der Waals surface area contributed by atoms with E-state index in [0.29, 0.717) is 39.6 Å². The Morgan fingerprint density at radius 2 is 1.79 bits per heavy atom. The van der Waals surface area contributed by atoms with Crippen LogP contribution in [-0.4, -0.2) is 64.7 Å². The van der Waals surface area contributed by atoms with Gasteiger partial charge in [-0.2, -0.15) is 4.31 Å². The number of amides is 1. The minimum atomic E-state index is -3.73. The number of aromatic nitrogens is 3. The van der Waals surface area contributed by atoms with Gasteiger partial charge in [0.2, 0.25) is 10.0 Å². The predicted molar refractivity (Wildman–Crippen MR) is 131 cm³/mol. The van der Waals surface area contributed by atoms with E-state index in [1.165, 1.54) is 21.8 Å². The topological polar surface area (TPSA) is 96.4 Å². The second-order valence-electron chi connectivity index (χ2n) is 7.87. The second kappa shape index (κ2) is 9.03. The van der Waals surface area contributed by atoms with Gasteiger partial charge in [-0.25, -0.2) is 13.4 Å². The lowest BCUT2D eigenvalue weighted by molar-refractivity contribution is 0.0702. The quantitative estimate of drug-likeness (QED) is 0.411. The first-order valence-electron chi connectivity index (χ1n) is 10.6. The average molecular weight is 514 g/mol. The zero-order valence-electron chi connectivity index (χ0n) is 18.2. The molecule has 4 aromatic rings. The molecule has 4 heterocycles. The molecule has 1 amide bonds. The zero-order valence-corrected chi connectivity index (χ0v) is 20.6. The Hall–Kier alpha value is -2.92. The molecule has 0 atom stereocenters. The lowest BCUT2D eigenvalue weighted by atomic mass is 10.2. The molecule has 3 aromatic heterocycles. The zero-order chi connectivity index (χ0) is 23.9. The number of pyridine rings is 2. The van der Waals surface area contributed by atoms with Gasteiger partial charge >= 0.3 is 0 Å². The van der Waals surface area contributed by atoms with Gasteiger partial charge in [0, 0.05) is 60.7 Å². The summed E-state index contributed by atoms with van der Waals surface area (Å²) in [6, 6.07) is 10.5. The number of hydrogen-bond acceptors (Lipinski definition) is 7. The van der Waals surface area contributed by atoms with E-state index in [2.05, 4.69) is 15.0 Å². The lowest BCUT2D eigenvalue weighted by Gasteiger charge is -2.33. The first-order valence-corrected chi connectivity index (χ1v) is 13.2. The maximum Gasteiger partial charge on any atom is 0.265 e. The molecule has 0 spiro atoms. The number of halogens is 1. The van der Waals surface area contributed by atoms with E-state index in [9.17, 15) is 13.2 Å². The van der Waals surface area contributed by atoms with Crippen LogP contribution in [0.3, 0.4) is 0 Å². The van der Waals surface area contributed by atoms with E-state index in [1.54, 1.807) is 41.6 Å². The highest BCUT2D eigenvalue weighted by Crippen LogP contribution is 2.29. The lowest BCUT2D eigenvalue weighted by Crippen LogP contribution is -2.50. The van der Waals surface area contributed by atoms with Crippen molar-refractivity contribution in [2.75, 3.05) is 26.2 Å². The Morgan fingerprint density at radius 1 is 1.06 bits per heavy atom. The third kappa shape index (κ3) is 4.29. The van der Waals surface area contributed by atoms with E-state index in [-0.39, 0.29) is 23.9 Å². The summed E-state index contributed by atoms with van der Waals surface area (Å²) in [7, 11) is -3.73. The highest BCUT2D eigenvalue weighted by molar-refractivity contribution is 7.89. The van der Waals surface area contributed by atoms with Crippen LogP contribution in [0.25, 0.3) is 21.5 Å². The van der Waals surface area contributed by atoms with Gasteiger partial charge in [0.15, 0.2) is 0 Å². The van der Waals surface area contributed by atoms with Crippen molar-refractivity contribution in [2.45, 2.75) is 11.8 Å². The molecule has 1 aliphatic rings. The van der Waals surface area contributed by atoms with Crippen molar-refractivity contribution in [3.05, 3.63) is 70.6 Å². The molecule has 0 radical (unpaired) electrons. The Labute approximate surface area is 205 Å². The van der Waals surface area contributed by atoms with Crippen LogP contribution in [0.1, 0.15) is 15.4 Å². The van der Waals surface area contributed by atoms with Crippen LogP contribution in [0.2, 0.25) is 5.02 Å². The molecule has 0 N–H and O–H groups in total. The third-order valence-corrected chi connectivity index (χ3v) is 9.00. The number of thiazole rings is 1. The molecule has 0 saturated carbocycles. The monoisotopic (exact) mass is 513 g/mol. The Morgan fingerprint density at radius 3 is 2.53 bits per heavy atom. The molecule has 1 fully saturated rings. The number of hydrogen-bond donors (Lipinski definition) is 0. The summed E-state index contributed by atoms with van der Waals surface area (Å²) >= 11 is 7.33. The fourth-order valence-electron chi connectivity index (χ4n) is 3.85. The average Bonchev–Trinajstić information content (AvgIpc) is 3.25. The van der Waals surface area contributed by atoms with Crippen LogP contribution in [0.5, 0.6) is 0 Å². The normalized spacial score (nSPS) is 15.1. The highest BCUT2D eigenvalue weighted by atomic mass is 35.5. The van der Waals surface area contributed by atoms with Gasteiger partial charge in [-0.05, 0) is 37.3 Å². The second-order valence-corrected chi connectivity index (χ2v) is 11.2. The summed E-state index contributed by atoms with van der Waals surface area (Å²) < 4.78 is 27.8. The van der Waals surface area contributed by atoms with Gasteiger partial charge in [0.25, 0.3) is 5.91 Å². The number of piperazine rings is 1. The van der Waals surface area contributed by atoms with E-state index in [4.69, 9.17) is 11.6 Å². The molecule has 1 aromatic carbocycles. The number of carbonyl (C=O) groups excluding carboxylic acids is 1. The summed E-state index contributed by atoms with van der Waals surface area (Å²) in [4.78, 5) is 28.4. The minimum Gasteiger partial charge on any atom is -0.335 e. The van der Waals surface area contributed by atoms with Crippen LogP contribution in [0.4, 0.5) is 0 Å². The fraction of sp³-hybridized carbons (Fsp3) is 0.217. The van der Waals surface area contributed by atoms with Crippen LogP contribution < -0.4 is 0 Å². The Bertz CT molecular complexity index is 1480. The molecule has 34 heavy (non-hydrogen) atoms. The van der Waals surface area contributed by atoms with Gasteiger partial charge in [-0.3, -0.25) is 14.8 Å². The summed E-state index contributed by atoms with van der Waals surface area (Å²) in [5.74, 6) is -0.128. The van der Waals surface area contributed by atoms with Gasteiger partial charge in [0.05, 0.1) is 11.2 Å². The Balaban J connectivity index is 1.30. The first kappa shape index (κ1) is 22.9. The molecule has 174 valence electrons. The molecular formula is C23H20ClN5O3S2. The van der Waals surface area contributed by atoms with Crippen molar-refractivity contribution in [3.63, 3.8) is 0 Å². The number of nitrogens with zero attached hydrogens (tertiary/aromatic N) is 5. The van der Waals surface area contributed by atoms with Crippen LogP contribution >= 0.6 is 22.9 Å². The first-order chi connectivity index (χ1) is 16.3. The van der Waals surface area contributed by atoms with Gasteiger partial charge in [-0.1, -0.05) is 17.7 Å². The summed E-state index contributed by atoms with van der Waals surface area (Å²) in [6.45, 7) is 2.84. The third-order valence-electron chi connectivity index (χ3n) is 5.70. The van der Waals surface area contributed by atoms with Crippen molar-refractivity contribution < 1.29 is 13.2 Å². The number of fused-ring (bicyclic) bond motifs is 1. The van der Waals surface area contributed by atoms with Crippen molar-refractivity contribution in [3.8, 4) is 10.6 Å². The highest BCUT2D eigenvalue weighted by Gasteiger charge is 2.32. The van der Waals surface area contributed by atoms with Gasteiger partial charge < -0.3 is 4.90 Å². The maximum atomic E-state index is 13.2. The molecule has 1 aliphatic heterocycles. The molecule has 0 aliphatic carbocycles. The SMILES string of the molecule is Cc1nc(-c2ccncc2)sc1C(=O)N1CCN(S(=O)(=O)c2cnc3cc(Cl)ccc3c2)CC1. The van der Waals surface area contributed by atoms with Crippen LogP contribution in [-0.2, 0) is 10.0 Å². The Kier molecular flexibility index (Phi) is 6.07. The molecule has 11 heteroatoms. The van der Waals surface area contributed by atoms with E-state index in [0.717, 1.165) is 10.6 Å². The molecule has 5 rings (SSSR count). The smallest absolute Gasteiger partial charge is 0.265 e. The number of benzene rings is 1. The number of aryl methyl sites for hydroxylation is 1. The maximum absolute atomic E-state index is 13.2. The molecular weight excluding hydrogens is 494 g/mol. The van der Waals surface area contributed by atoms with Gasteiger partial charge in [-0.15, -0.1) is 11.3 Å². The van der Waals surface area contributed by atoms with E-state index >= 15 is 0 Å². The van der Waals surface area contributed by atoms with Crippen LogP contribution in [0.15, 0.2) is 59.9 Å². The van der Waals surface area contributed by atoms with Crippen molar-refractivity contribution in [2.24, 2.45) is 0 Å². The van der Waals surface area contributed by atoms with E-state index < -0.39 is 10.0 Å². The van der Waals surface area contributed by atoms with Gasteiger partial charge in [0.1, 0.15) is 14.8 Å². The molecule has 0 unspecified atom stereocenters.